The fraction of sp³-hybridized carbons (Fsp3) is 0.188. The predicted molar refractivity (Wildman–Crippen MR) is 81.9 cm³/mol. The monoisotopic (exact) mass is 287 g/mol. The number of rotatable bonds is 4. The van der Waals surface area contributed by atoms with Crippen molar-refractivity contribution >= 4 is 15.4 Å². The standard InChI is InChI=1S/C16H17NO2S/c1-12(2)13-3-5-14(6-4-13)15-7-9-16(10-8-15)20(18,19)11-17/h3-12,17H,1-2H3. The van der Waals surface area contributed by atoms with E-state index in [4.69, 9.17) is 5.41 Å². The molecular weight excluding hydrogens is 270 g/mol. The summed E-state index contributed by atoms with van der Waals surface area (Å²) in [5.74, 6) is 0.490. The first-order valence-corrected chi connectivity index (χ1v) is 7.94. The Morgan fingerprint density at radius 1 is 0.900 bits per heavy atom. The highest BCUT2D eigenvalue weighted by molar-refractivity contribution is 8.04. The van der Waals surface area contributed by atoms with Crippen LogP contribution in [0.5, 0.6) is 0 Å². The summed E-state index contributed by atoms with van der Waals surface area (Å²) in [7, 11) is -3.57. The van der Waals surface area contributed by atoms with Crippen molar-refractivity contribution in [3.05, 3.63) is 54.1 Å². The van der Waals surface area contributed by atoms with Crippen LogP contribution in [0, 0.1) is 5.41 Å². The SMILES string of the molecule is CC(C)c1ccc(-c2ccc(S(=O)(=O)C=N)cc2)cc1. The summed E-state index contributed by atoms with van der Waals surface area (Å²) in [5, 5.41) is 6.91. The van der Waals surface area contributed by atoms with Gasteiger partial charge in [0.15, 0.2) is 0 Å². The van der Waals surface area contributed by atoms with Crippen LogP contribution < -0.4 is 0 Å². The van der Waals surface area contributed by atoms with Gasteiger partial charge in [-0.05, 0) is 34.7 Å². The van der Waals surface area contributed by atoms with Gasteiger partial charge in [0, 0.05) is 0 Å². The first-order valence-electron chi connectivity index (χ1n) is 6.40. The second kappa shape index (κ2) is 5.59. The van der Waals surface area contributed by atoms with Gasteiger partial charge in [-0.15, -0.1) is 0 Å². The smallest absolute Gasteiger partial charge is 0.216 e. The van der Waals surface area contributed by atoms with Crippen LogP contribution in [0.15, 0.2) is 53.4 Å². The molecule has 2 aromatic carbocycles. The molecule has 0 saturated heterocycles. The van der Waals surface area contributed by atoms with Crippen molar-refractivity contribution in [2.45, 2.75) is 24.7 Å². The van der Waals surface area contributed by atoms with Gasteiger partial charge in [-0.1, -0.05) is 50.2 Å². The van der Waals surface area contributed by atoms with Crippen LogP contribution in [0.2, 0.25) is 0 Å². The van der Waals surface area contributed by atoms with Gasteiger partial charge in [0.1, 0.15) is 5.55 Å². The van der Waals surface area contributed by atoms with Crippen LogP contribution in [0.3, 0.4) is 0 Å². The van der Waals surface area contributed by atoms with Gasteiger partial charge in [0.05, 0.1) is 4.90 Å². The maximum Gasteiger partial charge on any atom is 0.216 e. The molecule has 2 aromatic rings. The highest BCUT2D eigenvalue weighted by atomic mass is 32.2. The summed E-state index contributed by atoms with van der Waals surface area (Å²) in [6.07, 6.45) is 0. The molecule has 0 aliphatic heterocycles. The fourth-order valence-corrected chi connectivity index (χ4v) is 2.62. The largest absolute Gasteiger partial charge is 0.297 e. The zero-order valence-corrected chi connectivity index (χ0v) is 12.3. The molecule has 0 aromatic heterocycles. The summed E-state index contributed by atoms with van der Waals surface area (Å²) in [6.45, 7) is 4.29. The van der Waals surface area contributed by atoms with E-state index in [1.165, 1.54) is 17.7 Å². The van der Waals surface area contributed by atoms with E-state index in [1.807, 2.05) is 12.1 Å². The molecule has 0 amide bonds. The van der Waals surface area contributed by atoms with Crippen molar-refractivity contribution in [1.29, 1.82) is 5.41 Å². The third-order valence-electron chi connectivity index (χ3n) is 3.25. The minimum atomic E-state index is -3.57. The molecule has 0 aliphatic rings. The van der Waals surface area contributed by atoms with Crippen molar-refractivity contribution in [1.82, 2.24) is 0 Å². The lowest BCUT2D eigenvalue weighted by molar-refractivity contribution is 0.608. The third-order valence-corrected chi connectivity index (χ3v) is 4.49. The second-order valence-corrected chi connectivity index (χ2v) is 6.76. The third kappa shape index (κ3) is 2.96. The van der Waals surface area contributed by atoms with Gasteiger partial charge < -0.3 is 0 Å². The zero-order valence-electron chi connectivity index (χ0n) is 11.5. The molecule has 20 heavy (non-hydrogen) atoms. The average molecular weight is 287 g/mol. The molecule has 104 valence electrons. The molecule has 2 rings (SSSR count). The number of sulfone groups is 1. The van der Waals surface area contributed by atoms with Gasteiger partial charge in [-0.3, -0.25) is 5.41 Å². The molecule has 0 aliphatic carbocycles. The summed E-state index contributed by atoms with van der Waals surface area (Å²) in [4.78, 5) is 0.148. The van der Waals surface area contributed by atoms with E-state index < -0.39 is 9.84 Å². The van der Waals surface area contributed by atoms with Crippen LogP contribution >= 0.6 is 0 Å². The Balaban J connectivity index is 2.33. The first kappa shape index (κ1) is 14.5. The first-order chi connectivity index (χ1) is 9.44. The molecule has 0 saturated carbocycles. The molecular formula is C16H17NO2S. The summed E-state index contributed by atoms with van der Waals surface area (Å²) in [6, 6.07) is 14.8. The maximum absolute atomic E-state index is 11.5. The molecule has 0 spiro atoms. The lowest BCUT2D eigenvalue weighted by atomic mass is 9.99. The van der Waals surface area contributed by atoms with E-state index in [9.17, 15) is 8.42 Å². The highest BCUT2D eigenvalue weighted by Gasteiger charge is 2.10. The zero-order chi connectivity index (χ0) is 14.8. The molecule has 0 bridgehead atoms. The van der Waals surface area contributed by atoms with Crippen LogP contribution in [-0.4, -0.2) is 14.0 Å². The van der Waals surface area contributed by atoms with Crippen molar-refractivity contribution in [3.8, 4) is 11.1 Å². The summed E-state index contributed by atoms with van der Waals surface area (Å²) >= 11 is 0. The lowest BCUT2D eigenvalue weighted by Gasteiger charge is -2.07. The number of hydrogen-bond donors (Lipinski definition) is 1. The van der Waals surface area contributed by atoms with E-state index in [0.717, 1.165) is 11.1 Å². The molecule has 0 radical (unpaired) electrons. The van der Waals surface area contributed by atoms with Gasteiger partial charge in [-0.2, -0.15) is 0 Å². The van der Waals surface area contributed by atoms with Crippen LogP contribution in [0.25, 0.3) is 11.1 Å². The van der Waals surface area contributed by atoms with E-state index >= 15 is 0 Å². The van der Waals surface area contributed by atoms with Gasteiger partial charge in [-0.25, -0.2) is 8.42 Å². The van der Waals surface area contributed by atoms with Gasteiger partial charge in [0.25, 0.3) is 0 Å². The quantitative estimate of drug-likeness (QED) is 0.685. The second-order valence-electron chi connectivity index (χ2n) is 4.96. The molecule has 0 unspecified atom stereocenters. The number of hydrogen-bond acceptors (Lipinski definition) is 3. The Bertz CT molecular complexity index is 699. The maximum atomic E-state index is 11.5. The summed E-state index contributed by atoms with van der Waals surface area (Å²) < 4.78 is 23.1. The van der Waals surface area contributed by atoms with Crippen molar-refractivity contribution in [2.75, 3.05) is 0 Å². The van der Waals surface area contributed by atoms with Crippen molar-refractivity contribution in [2.24, 2.45) is 0 Å². The molecule has 3 nitrogen and oxygen atoms in total. The summed E-state index contributed by atoms with van der Waals surface area (Å²) in [5.41, 5.74) is 3.76. The van der Waals surface area contributed by atoms with E-state index in [1.54, 1.807) is 12.1 Å². The van der Waals surface area contributed by atoms with Crippen LogP contribution in [0.4, 0.5) is 0 Å². The van der Waals surface area contributed by atoms with Crippen molar-refractivity contribution in [3.63, 3.8) is 0 Å². The van der Waals surface area contributed by atoms with Gasteiger partial charge >= 0.3 is 0 Å². The number of nitrogens with one attached hydrogen (secondary N) is 1. The minimum absolute atomic E-state index is 0.148. The van der Waals surface area contributed by atoms with E-state index in [2.05, 4.69) is 26.0 Å². The minimum Gasteiger partial charge on any atom is -0.297 e. The Hall–Kier alpha value is -1.94. The lowest BCUT2D eigenvalue weighted by Crippen LogP contribution is -2.00. The van der Waals surface area contributed by atoms with Crippen LogP contribution in [-0.2, 0) is 9.84 Å². The normalized spacial score (nSPS) is 11.6. The molecule has 0 fully saturated rings. The van der Waals surface area contributed by atoms with E-state index in [0.29, 0.717) is 11.5 Å². The van der Waals surface area contributed by atoms with Crippen molar-refractivity contribution < 1.29 is 8.42 Å². The molecule has 0 heterocycles. The predicted octanol–water partition coefficient (Wildman–Crippen LogP) is 3.86. The molecule has 4 heteroatoms. The van der Waals surface area contributed by atoms with Gasteiger partial charge in [0.2, 0.25) is 9.84 Å². The Morgan fingerprint density at radius 3 is 1.75 bits per heavy atom. The van der Waals surface area contributed by atoms with Crippen LogP contribution in [0.1, 0.15) is 25.3 Å². The molecule has 1 N–H and O–H groups in total. The topological polar surface area (TPSA) is 58.0 Å². The Morgan fingerprint density at radius 2 is 1.35 bits per heavy atom. The average Bonchev–Trinajstić information content (AvgIpc) is 2.47. The molecule has 0 atom stereocenters. The Labute approximate surface area is 119 Å². The number of benzene rings is 2. The fourth-order valence-electron chi connectivity index (χ4n) is 1.97. The highest BCUT2D eigenvalue weighted by Crippen LogP contribution is 2.24. The Kier molecular flexibility index (Phi) is 4.04. The van der Waals surface area contributed by atoms with E-state index in [-0.39, 0.29) is 4.90 Å².